The molecule has 0 aliphatic carbocycles. The molecule has 110 valence electrons. The van der Waals surface area contributed by atoms with Gasteiger partial charge in [0.15, 0.2) is 11.5 Å². The van der Waals surface area contributed by atoms with E-state index in [4.69, 9.17) is 9.15 Å². The number of hydrogen-bond acceptors (Lipinski definition) is 5. The van der Waals surface area contributed by atoms with Crippen LogP contribution in [0.5, 0.6) is 0 Å². The lowest BCUT2D eigenvalue weighted by molar-refractivity contribution is -0.142. The van der Waals surface area contributed by atoms with Gasteiger partial charge in [-0.1, -0.05) is 12.1 Å². The Kier molecular flexibility index (Phi) is 3.15. The number of carbonyl (C=O) groups excluding carboxylic acids is 1. The van der Waals surface area contributed by atoms with Crippen molar-refractivity contribution in [2.45, 2.75) is 31.2 Å². The van der Waals surface area contributed by atoms with Crippen LogP contribution in [-0.4, -0.2) is 41.6 Å². The first-order chi connectivity index (χ1) is 10.3. The van der Waals surface area contributed by atoms with Gasteiger partial charge in [0.25, 0.3) is 0 Å². The van der Waals surface area contributed by atoms with E-state index >= 15 is 0 Å². The Morgan fingerprint density at radius 1 is 1.14 bits per heavy atom. The van der Waals surface area contributed by atoms with Crippen LogP contribution in [0.2, 0.25) is 0 Å². The van der Waals surface area contributed by atoms with Crippen molar-refractivity contribution in [3.63, 3.8) is 0 Å². The summed E-state index contributed by atoms with van der Waals surface area (Å²) >= 11 is 0. The molecule has 2 saturated heterocycles. The molecular weight excluding hydrogens is 268 g/mol. The van der Waals surface area contributed by atoms with Gasteiger partial charge in [-0.3, -0.25) is 9.69 Å². The van der Waals surface area contributed by atoms with Gasteiger partial charge in [0.2, 0.25) is 0 Å². The molecule has 0 saturated carbocycles. The third-order valence-electron chi connectivity index (χ3n) is 4.54. The number of oxazole rings is 1. The largest absolute Gasteiger partial charge is 0.464 e. The first-order valence-electron chi connectivity index (χ1n) is 7.57. The minimum Gasteiger partial charge on any atom is -0.464 e. The smallest absolute Gasteiger partial charge is 0.323 e. The summed E-state index contributed by atoms with van der Waals surface area (Å²) in [6.07, 6.45) is 2.79. The molecule has 1 aromatic carbocycles. The van der Waals surface area contributed by atoms with Gasteiger partial charge in [-0.25, -0.2) is 4.98 Å². The van der Waals surface area contributed by atoms with Gasteiger partial charge in [0.1, 0.15) is 11.6 Å². The molecule has 2 aromatic rings. The lowest BCUT2D eigenvalue weighted by Gasteiger charge is -2.32. The lowest BCUT2D eigenvalue weighted by atomic mass is 9.95. The second-order valence-electron chi connectivity index (χ2n) is 5.80. The van der Waals surface area contributed by atoms with Crippen LogP contribution in [0, 0.1) is 0 Å². The van der Waals surface area contributed by atoms with E-state index in [1.165, 1.54) is 0 Å². The molecule has 5 heteroatoms. The van der Waals surface area contributed by atoms with E-state index in [-0.39, 0.29) is 12.0 Å². The van der Waals surface area contributed by atoms with E-state index in [9.17, 15) is 4.79 Å². The molecule has 2 aliphatic heterocycles. The Hall–Kier alpha value is -1.88. The number of ether oxygens (including phenoxy) is 1. The number of rotatable bonds is 2. The normalized spacial score (nSPS) is 24.6. The topological polar surface area (TPSA) is 55.6 Å². The summed E-state index contributed by atoms with van der Waals surface area (Å²) in [7, 11) is 0. The summed E-state index contributed by atoms with van der Waals surface area (Å²) in [5.41, 5.74) is 1.78. The van der Waals surface area contributed by atoms with Crippen molar-refractivity contribution in [1.82, 2.24) is 9.88 Å². The van der Waals surface area contributed by atoms with Crippen LogP contribution in [-0.2, 0) is 9.53 Å². The van der Waals surface area contributed by atoms with E-state index < -0.39 is 0 Å². The molecule has 5 nitrogen and oxygen atoms in total. The maximum absolute atomic E-state index is 11.6. The number of aromatic nitrogens is 1. The zero-order chi connectivity index (χ0) is 14.2. The number of carbonyl (C=O) groups is 1. The van der Waals surface area contributed by atoms with Crippen LogP contribution in [0.3, 0.4) is 0 Å². The van der Waals surface area contributed by atoms with Crippen molar-refractivity contribution < 1.29 is 13.9 Å². The number of likely N-dealkylation sites (tertiary alicyclic amines) is 1. The molecule has 0 bridgehead atoms. The number of esters is 1. The van der Waals surface area contributed by atoms with Crippen LogP contribution in [0.15, 0.2) is 28.7 Å². The first kappa shape index (κ1) is 12.8. The number of nitrogens with zero attached hydrogens (tertiary/aromatic N) is 2. The maximum atomic E-state index is 11.6. The molecule has 0 amide bonds. The number of fused-ring (bicyclic) bond motifs is 1. The van der Waals surface area contributed by atoms with E-state index in [1.54, 1.807) is 0 Å². The highest BCUT2D eigenvalue weighted by molar-refractivity contribution is 5.77. The van der Waals surface area contributed by atoms with E-state index in [1.807, 2.05) is 24.3 Å². The highest BCUT2D eigenvalue weighted by Crippen LogP contribution is 2.31. The average Bonchev–Trinajstić information content (AvgIpc) is 3.13. The van der Waals surface area contributed by atoms with Crippen LogP contribution < -0.4 is 0 Å². The van der Waals surface area contributed by atoms with Crippen molar-refractivity contribution in [2.24, 2.45) is 0 Å². The van der Waals surface area contributed by atoms with Crippen molar-refractivity contribution in [3.05, 3.63) is 30.2 Å². The summed E-state index contributed by atoms with van der Waals surface area (Å²) < 4.78 is 10.9. The van der Waals surface area contributed by atoms with Gasteiger partial charge in [-0.05, 0) is 38.1 Å². The average molecular weight is 286 g/mol. The van der Waals surface area contributed by atoms with Gasteiger partial charge >= 0.3 is 5.97 Å². The Bertz CT molecular complexity index is 625. The molecule has 4 rings (SSSR count). The molecule has 0 radical (unpaired) electrons. The Labute approximate surface area is 122 Å². The minimum absolute atomic E-state index is 0.0328. The third-order valence-corrected chi connectivity index (χ3v) is 4.54. The fourth-order valence-corrected chi connectivity index (χ4v) is 3.34. The molecule has 3 heterocycles. The summed E-state index contributed by atoms with van der Waals surface area (Å²) in [4.78, 5) is 18.5. The number of benzene rings is 1. The van der Waals surface area contributed by atoms with Crippen LogP contribution in [0.25, 0.3) is 11.1 Å². The predicted octanol–water partition coefficient (Wildman–Crippen LogP) is 2.32. The van der Waals surface area contributed by atoms with Crippen molar-refractivity contribution in [3.8, 4) is 0 Å². The standard InChI is InChI=1S/C16H18N2O3/c19-16-13(7-10-20-16)18-8-5-11(6-9-18)15-17-12-3-1-2-4-14(12)21-15/h1-4,11,13H,5-10H2. The molecule has 0 spiro atoms. The summed E-state index contributed by atoms with van der Waals surface area (Å²) in [5.74, 6) is 1.13. The summed E-state index contributed by atoms with van der Waals surface area (Å²) in [6.45, 7) is 2.38. The molecule has 1 aromatic heterocycles. The SMILES string of the molecule is O=C1OCCC1N1CCC(c2nc3ccccc3o2)CC1. The van der Waals surface area contributed by atoms with Gasteiger partial charge in [-0.15, -0.1) is 0 Å². The quantitative estimate of drug-likeness (QED) is 0.793. The predicted molar refractivity (Wildman–Crippen MR) is 76.9 cm³/mol. The molecular formula is C16H18N2O3. The van der Waals surface area contributed by atoms with Crippen LogP contribution in [0.4, 0.5) is 0 Å². The van der Waals surface area contributed by atoms with E-state index in [0.717, 1.165) is 49.3 Å². The van der Waals surface area contributed by atoms with Crippen LogP contribution >= 0.6 is 0 Å². The third kappa shape index (κ3) is 2.31. The van der Waals surface area contributed by atoms with E-state index in [2.05, 4.69) is 9.88 Å². The van der Waals surface area contributed by atoms with Gasteiger partial charge in [0.05, 0.1) is 6.61 Å². The second-order valence-corrected chi connectivity index (χ2v) is 5.80. The first-order valence-corrected chi connectivity index (χ1v) is 7.57. The molecule has 2 aliphatic rings. The minimum atomic E-state index is -0.0599. The van der Waals surface area contributed by atoms with Gasteiger partial charge in [0, 0.05) is 12.3 Å². The van der Waals surface area contributed by atoms with Crippen molar-refractivity contribution in [1.29, 1.82) is 0 Å². The molecule has 1 atom stereocenters. The van der Waals surface area contributed by atoms with Crippen molar-refractivity contribution in [2.75, 3.05) is 19.7 Å². The van der Waals surface area contributed by atoms with Crippen LogP contribution in [0.1, 0.15) is 31.1 Å². The van der Waals surface area contributed by atoms with Gasteiger partial charge in [-0.2, -0.15) is 0 Å². The summed E-state index contributed by atoms with van der Waals surface area (Å²) in [5, 5.41) is 0. The monoisotopic (exact) mass is 286 g/mol. The zero-order valence-corrected chi connectivity index (χ0v) is 11.8. The Morgan fingerprint density at radius 2 is 1.95 bits per heavy atom. The Morgan fingerprint density at radius 3 is 2.67 bits per heavy atom. The molecule has 2 fully saturated rings. The number of piperidine rings is 1. The molecule has 0 N–H and O–H groups in total. The lowest BCUT2D eigenvalue weighted by Crippen LogP contribution is -2.43. The molecule has 1 unspecified atom stereocenters. The van der Waals surface area contributed by atoms with E-state index in [0.29, 0.717) is 12.5 Å². The van der Waals surface area contributed by atoms with Crippen molar-refractivity contribution >= 4 is 17.1 Å². The highest BCUT2D eigenvalue weighted by atomic mass is 16.5. The highest BCUT2D eigenvalue weighted by Gasteiger charge is 2.35. The fraction of sp³-hybridized carbons (Fsp3) is 0.500. The molecule has 21 heavy (non-hydrogen) atoms. The number of cyclic esters (lactones) is 1. The summed E-state index contributed by atoms with van der Waals surface area (Å²) in [6, 6.07) is 7.84. The Balaban J connectivity index is 1.46. The number of para-hydroxylation sites is 2. The van der Waals surface area contributed by atoms with Gasteiger partial charge < -0.3 is 9.15 Å². The second kappa shape index (κ2) is 5.15. The number of hydrogen-bond donors (Lipinski definition) is 0. The fourth-order valence-electron chi connectivity index (χ4n) is 3.34. The zero-order valence-electron chi connectivity index (χ0n) is 11.8. The maximum Gasteiger partial charge on any atom is 0.323 e.